The van der Waals surface area contributed by atoms with Gasteiger partial charge in [0.05, 0.1) is 14.7 Å². The molecule has 1 fully saturated rings. The highest BCUT2D eigenvalue weighted by Gasteiger charge is 2.29. The molecule has 2 atom stereocenters. The van der Waals surface area contributed by atoms with E-state index in [0.29, 0.717) is 4.90 Å². The number of nitrogens with one attached hydrogen (secondary N) is 1. The highest BCUT2D eigenvalue weighted by atomic mass is 32.2. The molecule has 1 aliphatic rings. The molecule has 10 nitrogen and oxygen atoms in total. The molecule has 0 unspecified atom stereocenters. The average Bonchev–Trinajstić information content (AvgIpc) is 2.70. The molecule has 12 heteroatoms. The first kappa shape index (κ1) is 24.1. The molecule has 0 radical (unpaired) electrons. The first-order chi connectivity index (χ1) is 14.1. The van der Waals surface area contributed by atoms with E-state index >= 15 is 0 Å². The van der Waals surface area contributed by atoms with E-state index in [2.05, 4.69) is 0 Å². The van der Waals surface area contributed by atoms with Crippen LogP contribution in [0.15, 0.2) is 28.0 Å². The smallest absolute Gasteiger partial charge is 0.321 e. The summed E-state index contributed by atoms with van der Waals surface area (Å²) in [6, 6.07) is 3.59. The molecule has 1 saturated heterocycles. The Kier molecular flexibility index (Phi) is 8.21. The van der Waals surface area contributed by atoms with Crippen LogP contribution in [0.4, 0.5) is 5.69 Å². The minimum absolute atomic E-state index is 0.0542. The summed E-state index contributed by atoms with van der Waals surface area (Å²) in [6.45, 7) is 2.71. The Labute approximate surface area is 179 Å². The van der Waals surface area contributed by atoms with Crippen molar-refractivity contribution in [2.45, 2.75) is 55.0 Å². The summed E-state index contributed by atoms with van der Waals surface area (Å²) < 4.78 is 31.7. The summed E-state index contributed by atoms with van der Waals surface area (Å²) in [7, 11) is -4.17. The fourth-order valence-electron chi connectivity index (χ4n) is 3.40. The number of benzene rings is 1. The van der Waals surface area contributed by atoms with Gasteiger partial charge in [-0.1, -0.05) is 0 Å². The lowest BCUT2D eigenvalue weighted by Gasteiger charge is -2.38. The van der Waals surface area contributed by atoms with Gasteiger partial charge in [0.15, 0.2) is 6.61 Å². The van der Waals surface area contributed by atoms with Gasteiger partial charge in [-0.15, -0.1) is 11.8 Å². The van der Waals surface area contributed by atoms with Gasteiger partial charge in [0.1, 0.15) is 6.54 Å². The van der Waals surface area contributed by atoms with Crippen molar-refractivity contribution in [2.75, 3.05) is 19.4 Å². The van der Waals surface area contributed by atoms with Crippen molar-refractivity contribution in [3.05, 3.63) is 28.3 Å². The van der Waals surface area contributed by atoms with E-state index in [9.17, 15) is 28.1 Å². The fraction of sp³-hybridized carbons (Fsp3) is 0.556. The van der Waals surface area contributed by atoms with Crippen LogP contribution >= 0.6 is 11.8 Å². The summed E-state index contributed by atoms with van der Waals surface area (Å²) in [5.74, 6) is -1.24. The molecule has 30 heavy (non-hydrogen) atoms. The molecule has 0 saturated carbocycles. The summed E-state index contributed by atoms with van der Waals surface area (Å²) in [4.78, 5) is 36.4. The maximum atomic E-state index is 12.4. The summed E-state index contributed by atoms with van der Waals surface area (Å²) in [5.41, 5.74) is -0.344. The number of rotatable bonds is 8. The van der Waals surface area contributed by atoms with Gasteiger partial charge in [-0.2, -0.15) is 4.72 Å². The number of amides is 1. The second kappa shape index (κ2) is 10.2. The van der Waals surface area contributed by atoms with Crippen LogP contribution in [-0.4, -0.2) is 61.6 Å². The summed E-state index contributed by atoms with van der Waals surface area (Å²) >= 11 is 1.12. The third-order valence-electron chi connectivity index (χ3n) is 4.90. The van der Waals surface area contributed by atoms with Crippen molar-refractivity contribution in [1.82, 2.24) is 9.62 Å². The predicted octanol–water partition coefficient (Wildman–Crippen LogP) is 1.93. The molecule has 0 aliphatic carbocycles. The Balaban J connectivity index is 1.94. The van der Waals surface area contributed by atoms with Gasteiger partial charge in [0, 0.05) is 18.2 Å². The Morgan fingerprint density at radius 2 is 1.93 bits per heavy atom. The number of nitro groups is 1. The Morgan fingerprint density at radius 1 is 1.30 bits per heavy atom. The number of hydrogen-bond donors (Lipinski definition) is 1. The average molecular weight is 460 g/mol. The number of nitro benzene ring substituents is 1. The Hall–Kier alpha value is -2.18. The second-order valence-electron chi connectivity index (χ2n) is 7.01. The van der Waals surface area contributed by atoms with Crippen LogP contribution in [0.5, 0.6) is 0 Å². The SMILES string of the molecule is CSc1ccc(S(=O)(=O)NCC(=O)OCC(=O)N2[C@@H](C)CCC[C@@H]2C)cc1[N+](=O)[O-]. The minimum Gasteiger partial charge on any atom is -0.455 e. The maximum absolute atomic E-state index is 12.4. The van der Waals surface area contributed by atoms with E-state index in [-0.39, 0.29) is 28.6 Å². The molecule has 2 rings (SSSR count). The van der Waals surface area contributed by atoms with Crippen LogP contribution in [0.3, 0.4) is 0 Å². The van der Waals surface area contributed by atoms with Crippen molar-refractivity contribution in [3.63, 3.8) is 0 Å². The van der Waals surface area contributed by atoms with Gasteiger partial charge in [0.2, 0.25) is 10.0 Å². The standard InChI is InChI=1S/C18H25N3O7S2/c1-12-5-4-6-13(2)20(12)17(22)11-28-18(23)10-19-30(26,27)14-7-8-16(29-3)15(9-14)21(24)25/h7-9,12-13,19H,4-6,10-11H2,1-3H3/t12-,13-/m0/s1. The monoisotopic (exact) mass is 459 g/mol. The minimum atomic E-state index is -4.17. The van der Waals surface area contributed by atoms with E-state index in [1.165, 1.54) is 12.1 Å². The molecular formula is C18H25N3O7S2. The number of sulfonamides is 1. The molecular weight excluding hydrogens is 434 g/mol. The lowest BCUT2D eigenvalue weighted by molar-refractivity contribution is -0.388. The molecule has 166 valence electrons. The zero-order valence-corrected chi connectivity index (χ0v) is 18.6. The van der Waals surface area contributed by atoms with Gasteiger partial charge in [-0.3, -0.25) is 19.7 Å². The van der Waals surface area contributed by atoms with Crippen molar-refractivity contribution < 1.29 is 27.7 Å². The van der Waals surface area contributed by atoms with Gasteiger partial charge in [0.25, 0.3) is 11.6 Å². The number of nitrogens with zero attached hydrogens (tertiary/aromatic N) is 2. The number of esters is 1. The molecule has 1 heterocycles. The van der Waals surface area contributed by atoms with E-state index in [1.807, 2.05) is 18.6 Å². The molecule has 0 bridgehead atoms. The van der Waals surface area contributed by atoms with E-state index in [4.69, 9.17) is 4.74 Å². The van der Waals surface area contributed by atoms with Crippen LogP contribution in [0.1, 0.15) is 33.1 Å². The third-order valence-corrected chi connectivity index (χ3v) is 7.09. The first-order valence-electron chi connectivity index (χ1n) is 9.35. The van der Waals surface area contributed by atoms with Gasteiger partial charge < -0.3 is 9.64 Å². The van der Waals surface area contributed by atoms with Crippen molar-refractivity contribution in [3.8, 4) is 0 Å². The summed E-state index contributed by atoms with van der Waals surface area (Å²) in [6.07, 6.45) is 4.43. The van der Waals surface area contributed by atoms with Crippen molar-refractivity contribution in [2.24, 2.45) is 0 Å². The fourth-order valence-corrected chi connectivity index (χ4v) is 4.93. The summed E-state index contributed by atoms with van der Waals surface area (Å²) in [5, 5.41) is 11.1. The molecule has 1 aromatic carbocycles. The number of thioether (sulfide) groups is 1. The maximum Gasteiger partial charge on any atom is 0.321 e. The molecule has 0 aromatic heterocycles. The lowest BCUT2D eigenvalue weighted by atomic mass is 9.97. The van der Waals surface area contributed by atoms with Crippen LogP contribution in [0.25, 0.3) is 0 Å². The van der Waals surface area contributed by atoms with E-state index in [0.717, 1.165) is 37.1 Å². The molecule has 0 spiro atoms. The third kappa shape index (κ3) is 5.92. The quantitative estimate of drug-likeness (QED) is 0.270. The Bertz CT molecular complexity index is 910. The predicted molar refractivity (Wildman–Crippen MR) is 111 cm³/mol. The van der Waals surface area contributed by atoms with Gasteiger partial charge in [-0.05, 0) is 51.5 Å². The number of carbonyl (C=O) groups is 2. The normalized spacial score (nSPS) is 19.4. The van der Waals surface area contributed by atoms with Crippen molar-refractivity contribution in [1.29, 1.82) is 0 Å². The molecule has 1 aromatic rings. The van der Waals surface area contributed by atoms with Crippen LogP contribution in [-0.2, 0) is 24.3 Å². The van der Waals surface area contributed by atoms with E-state index in [1.54, 1.807) is 11.2 Å². The lowest BCUT2D eigenvalue weighted by Crippen LogP contribution is -2.49. The highest BCUT2D eigenvalue weighted by molar-refractivity contribution is 7.98. The highest BCUT2D eigenvalue weighted by Crippen LogP contribution is 2.29. The number of likely N-dealkylation sites (tertiary alicyclic amines) is 1. The number of piperidine rings is 1. The van der Waals surface area contributed by atoms with Gasteiger partial charge >= 0.3 is 5.97 Å². The van der Waals surface area contributed by atoms with Crippen LogP contribution in [0.2, 0.25) is 0 Å². The molecule has 1 amide bonds. The van der Waals surface area contributed by atoms with Crippen LogP contribution in [0, 0.1) is 10.1 Å². The zero-order chi connectivity index (χ0) is 22.5. The van der Waals surface area contributed by atoms with Gasteiger partial charge in [-0.25, -0.2) is 8.42 Å². The molecule has 1 N–H and O–H groups in total. The number of ether oxygens (including phenoxy) is 1. The van der Waals surface area contributed by atoms with Crippen LogP contribution < -0.4 is 4.72 Å². The second-order valence-corrected chi connectivity index (χ2v) is 9.62. The Morgan fingerprint density at radius 3 is 2.50 bits per heavy atom. The van der Waals surface area contributed by atoms with Crippen molar-refractivity contribution >= 4 is 39.3 Å². The largest absolute Gasteiger partial charge is 0.455 e. The zero-order valence-electron chi connectivity index (χ0n) is 17.0. The first-order valence-corrected chi connectivity index (χ1v) is 12.1. The van der Waals surface area contributed by atoms with E-state index < -0.39 is 34.1 Å². The topological polar surface area (TPSA) is 136 Å². The number of carbonyl (C=O) groups excluding carboxylic acids is 2. The number of hydrogen-bond acceptors (Lipinski definition) is 8. The molecule has 1 aliphatic heterocycles.